The van der Waals surface area contributed by atoms with Gasteiger partial charge >= 0.3 is 0 Å². The summed E-state index contributed by atoms with van der Waals surface area (Å²) in [5.41, 5.74) is -0.139. The highest BCUT2D eigenvalue weighted by Gasteiger charge is 2.41. The first-order chi connectivity index (χ1) is 9.67. The minimum absolute atomic E-state index is 0.139. The highest BCUT2D eigenvalue weighted by molar-refractivity contribution is 7.09. The van der Waals surface area contributed by atoms with Crippen molar-refractivity contribution in [2.24, 2.45) is 0 Å². The lowest BCUT2D eigenvalue weighted by atomic mass is 9.90. The number of rotatable bonds is 2. The van der Waals surface area contributed by atoms with Gasteiger partial charge in [0.05, 0.1) is 18.8 Å². The maximum atomic E-state index is 11.6. The molecule has 1 atom stereocenters. The summed E-state index contributed by atoms with van der Waals surface area (Å²) in [7, 11) is 0. The van der Waals surface area contributed by atoms with Crippen LogP contribution in [0.25, 0.3) is 0 Å². The van der Waals surface area contributed by atoms with Crippen LogP contribution in [0.1, 0.15) is 24.6 Å². The summed E-state index contributed by atoms with van der Waals surface area (Å²) in [6.07, 6.45) is 2.22. The molecule has 0 radical (unpaired) electrons. The highest BCUT2D eigenvalue weighted by Crippen LogP contribution is 2.30. The Morgan fingerprint density at radius 1 is 1.45 bits per heavy atom. The van der Waals surface area contributed by atoms with Gasteiger partial charge in [-0.2, -0.15) is 0 Å². The summed E-state index contributed by atoms with van der Waals surface area (Å²) in [5, 5.41) is 2.13. The first-order valence-corrected chi connectivity index (χ1v) is 8.19. The number of carbonyl (C=O) groups excluding carboxylic acids is 1. The number of nitrogens with zero attached hydrogens (tertiary/aromatic N) is 2. The van der Waals surface area contributed by atoms with E-state index in [0.29, 0.717) is 6.61 Å². The van der Waals surface area contributed by atoms with Crippen LogP contribution in [0.2, 0.25) is 0 Å². The molecule has 4 nitrogen and oxygen atoms in total. The molecule has 0 saturated carbocycles. The maximum absolute atomic E-state index is 11.6. The zero-order valence-corrected chi connectivity index (χ0v) is 12.8. The molecular formula is C15H22N2O2S. The fraction of sp³-hybridized carbons (Fsp3) is 0.667. The van der Waals surface area contributed by atoms with Crippen molar-refractivity contribution < 1.29 is 9.53 Å². The van der Waals surface area contributed by atoms with Crippen molar-refractivity contribution in [2.45, 2.75) is 31.9 Å². The normalized spacial score (nSPS) is 27.9. The van der Waals surface area contributed by atoms with Crippen molar-refractivity contribution >= 4 is 17.2 Å². The Bertz CT molecular complexity index is 458. The quantitative estimate of drug-likeness (QED) is 0.836. The largest absolute Gasteiger partial charge is 0.370 e. The summed E-state index contributed by atoms with van der Waals surface area (Å²) in [5.74, 6) is 0.169. The molecule has 1 spiro atoms. The minimum Gasteiger partial charge on any atom is -0.370 e. The van der Waals surface area contributed by atoms with Crippen LogP contribution in [0, 0.1) is 0 Å². The molecular weight excluding hydrogens is 272 g/mol. The van der Waals surface area contributed by atoms with Gasteiger partial charge in [-0.25, -0.2) is 0 Å². The predicted molar refractivity (Wildman–Crippen MR) is 79.8 cm³/mol. The SMILES string of the molecule is CC(=O)N1CCOC2(CCCN(Cc3cccs3)C2)C1. The third kappa shape index (κ3) is 3.05. The van der Waals surface area contributed by atoms with Crippen molar-refractivity contribution in [3.05, 3.63) is 22.4 Å². The van der Waals surface area contributed by atoms with Gasteiger partial charge in [-0.15, -0.1) is 11.3 Å². The zero-order chi connectivity index (χ0) is 14.0. The maximum Gasteiger partial charge on any atom is 0.219 e. The molecule has 110 valence electrons. The molecule has 1 amide bonds. The lowest BCUT2D eigenvalue weighted by Crippen LogP contribution is -2.60. The first-order valence-electron chi connectivity index (χ1n) is 7.31. The van der Waals surface area contributed by atoms with Gasteiger partial charge in [0.2, 0.25) is 5.91 Å². The molecule has 0 aromatic carbocycles. The summed E-state index contributed by atoms with van der Waals surface area (Å²) in [4.78, 5) is 17.4. The third-order valence-electron chi connectivity index (χ3n) is 4.27. The minimum atomic E-state index is -0.139. The second-order valence-corrected chi connectivity index (χ2v) is 6.90. The Morgan fingerprint density at radius 3 is 3.10 bits per heavy atom. The molecule has 1 aromatic rings. The number of ether oxygens (including phenoxy) is 1. The number of thiophene rings is 1. The van der Waals surface area contributed by atoms with Crippen LogP contribution in [0.3, 0.4) is 0 Å². The van der Waals surface area contributed by atoms with Crippen molar-refractivity contribution in [1.82, 2.24) is 9.80 Å². The van der Waals surface area contributed by atoms with Crippen LogP contribution in [0.15, 0.2) is 17.5 Å². The van der Waals surface area contributed by atoms with E-state index in [1.54, 1.807) is 6.92 Å². The molecule has 1 unspecified atom stereocenters. The Labute approximate surface area is 124 Å². The van der Waals surface area contributed by atoms with E-state index in [1.807, 2.05) is 16.2 Å². The standard InChI is InChI=1S/C15H22N2O2S/c1-13(18)17-7-8-19-15(12-17)5-3-6-16(11-15)10-14-4-2-9-20-14/h2,4,9H,3,5-8,10-12H2,1H3. The van der Waals surface area contributed by atoms with E-state index < -0.39 is 0 Å². The van der Waals surface area contributed by atoms with Crippen LogP contribution >= 0.6 is 11.3 Å². The van der Waals surface area contributed by atoms with Crippen LogP contribution in [0.5, 0.6) is 0 Å². The molecule has 2 saturated heterocycles. The molecule has 2 aliphatic rings. The van der Waals surface area contributed by atoms with E-state index in [1.165, 1.54) is 4.88 Å². The summed E-state index contributed by atoms with van der Waals surface area (Å²) in [6.45, 7) is 6.89. The second kappa shape index (κ2) is 5.84. The summed E-state index contributed by atoms with van der Waals surface area (Å²) < 4.78 is 6.10. The van der Waals surface area contributed by atoms with Crippen molar-refractivity contribution in [2.75, 3.05) is 32.8 Å². The Balaban J connectivity index is 1.65. The summed E-state index contributed by atoms with van der Waals surface area (Å²) in [6, 6.07) is 4.30. The molecule has 0 N–H and O–H groups in total. The molecule has 0 aliphatic carbocycles. The molecule has 3 rings (SSSR count). The van der Waals surface area contributed by atoms with Gasteiger partial charge in [0, 0.05) is 31.4 Å². The van der Waals surface area contributed by atoms with E-state index in [-0.39, 0.29) is 11.5 Å². The topological polar surface area (TPSA) is 32.8 Å². The lowest BCUT2D eigenvalue weighted by molar-refractivity contribution is -0.160. The van der Waals surface area contributed by atoms with Gasteiger partial charge in [0.15, 0.2) is 0 Å². The fourth-order valence-corrected chi connectivity index (χ4v) is 4.06. The van der Waals surface area contributed by atoms with Crippen molar-refractivity contribution in [1.29, 1.82) is 0 Å². The Morgan fingerprint density at radius 2 is 2.35 bits per heavy atom. The Kier molecular flexibility index (Phi) is 4.10. The first kappa shape index (κ1) is 14.0. The fourth-order valence-electron chi connectivity index (χ4n) is 3.31. The molecule has 2 aliphatic heterocycles. The van der Waals surface area contributed by atoms with Gasteiger partial charge in [-0.3, -0.25) is 9.69 Å². The van der Waals surface area contributed by atoms with Crippen molar-refractivity contribution in [3.8, 4) is 0 Å². The average Bonchev–Trinajstić information content (AvgIpc) is 2.92. The monoisotopic (exact) mass is 294 g/mol. The number of hydrogen-bond donors (Lipinski definition) is 0. The number of amides is 1. The number of piperidine rings is 1. The molecule has 5 heteroatoms. The van der Waals surface area contributed by atoms with Gasteiger partial charge in [0.1, 0.15) is 0 Å². The van der Waals surface area contributed by atoms with Gasteiger partial charge in [-0.1, -0.05) is 6.07 Å². The van der Waals surface area contributed by atoms with Gasteiger partial charge in [-0.05, 0) is 30.8 Å². The number of carbonyl (C=O) groups is 1. The smallest absolute Gasteiger partial charge is 0.219 e. The van der Waals surface area contributed by atoms with Crippen LogP contribution in [0.4, 0.5) is 0 Å². The van der Waals surface area contributed by atoms with E-state index in [0.717, 1.165) is 45.6 Å². The van der Waals surface area contributed by atoms with Crippen LogP contribution in [-0.4, -0.2) is 54.1 Å². The lowest BCUT2D eigenvalue weighted by Gasteiger charge is -2.47. The predicted octanol–water partition coefficient (Wildman–Crippen LogP) is 1.96. The van der Waals surface area contributed by atoms with E-state index in [9.17, 15) is 4.79 Å². The number of likely N-dealkylation sites (tertiary alicyclic amines) is 1. The molecule has 3 heterocycles. The zero-order valence-electron chi connectivity index (χ0n) is 12.0. The average molecular weight is 294 g/mol. The number of morpholine rings is 1. The summed E-state index contributed by atoms with van der Waals surface area (Å²) >= 11 is 1.81. The second-order valence-electron chi connectivity index (χ2n) is 5.87. The number of hydrogen-bond acceptors (Lipinski definition) is 4. The van der Waals surface area contributed by atoms with Crippen LogP contribution in [-0.2, 0) is 16.1 Å². The van der Waals surface area contributed by atoms with E-state index >= 15 is 0 Å². The van der Waals surface area contributed by atoms with E-state index in [2.05, 4.69) is 22.4 Å². The van der Waals surface area contributed by atoms with Gasteiger partial charge in [0.25, 0.3) is 0 Å². The molecule has 1 aromatic heterocycles. The molecule has 2 fully saturated rings. The third-order valence-corrected chi connectivity index (χ3v) is 5.13. The Hall–Kier alpha value is -0.910. The van der Waals surface area contributed by atoms with E-state index in [4.69, 9.17) is 4.74 Å². The highest BCUT2D eigenvalue weighted by atomic mass is 32.1. The van der Waals surface area contributed by atoms with Gasteiger partial charge < -0.3 is 9.64 Å². The van der Waals surface area contributed by atoms with Crippen LogP contribution < -0.4 is 0 Å². The molecule has 20 heavy (non-hydrogen) atoms. The van der Waals surface area contributed by atoms with Crippen molar-refractivity contribution in [3.63, 3.8) is 0 Å². The molecule has 0 bridgehead atoms.